The standard InChI is InChI=1S/C27H22F3NO7/c1-35-18-10-7-15(8-11-18)23-22(24(32)16-9-12-20(36-2)21(13-16)37-3)25(33)26(34)31(23)17-5-4-6-19(14-17)38-27(28,29)30/h4-14,23,32H,1-3H3/b24-22+. The highest BCUT2D eigenvalue weighted by Crippen LogP contribution is 2.44. The van der Waals surface area contributed by atoms with Gasteiger partial charge in [-0.3, -0.25) is 14.5 Å². The monoisotopic (exact) mass is 529 g/mol. The molecule has 0 aliphatic carbocycles. The zero-order valence-electron chi connectivity index (χ0n) is 20.4. The molecule has 1 saturated heterocycles. The predicted molar refractivity (Wildman–Crippen MR) is 130 cm³/mol. The van der Waals surface area contributed by atoms with Gasteiger partial charge in [-0.05, 0) is 48.0 Å². The van der Waals surface area contributed by atoms with E-state index in [1.807, 2.05) is 0 Å². The third kappa shape index (κ3) is 5.08. The van der Waals surface area contributed by atoms with Crippen molar-refractivity contribution < 1.29 is 46.8 Å². The molecule has 4 rings (SSSR count). The summed E-state index contributed by atoms with van der Waals surface area (Å²) in [6, 6.07) is 14.3. The summed E-state index contributed by atoms with van der Waals surface area (Å²) in [4.78, 5) is 27.6. The molecule has 0 saturated carbocycles. The molecule has 1 amide bonds. The molecule has 0 aromatic heterocycles. The maximum absolute atomic E-state index is 13.3. The average Bonchev–Trinajstić information content (AvgIpc) is 3.17. The van der Waals surface area contributed by atoms with Gasteiger partial charge in [-0.15, -0.1) is 13.2 Å². The SMILES string of the molecule is COc1ccc(C2/C(=C(\O)c3ccc(OC)c(OC)c3)C(=O)C(=O)N2c2cccc(OC(F)(F)F)c2)cc1. The quantitative estimate of drug-likeness (QED) is 0.254. The Kier molecular flexibility index (Phi) is 7.20. The van der Waals surface area contributed by atoms with Crippen molar-refractivity contribution in [1.29, 1.82) is 0 Å². The Morgan fingerprint density at radius 1 is 0.842 bits per heavy atom. The number of alkyl halides is 3. The number of carbonyl (C=O) groups is 2. The van der Waals surface area contributed by atoms with Crippen LogP contribution in [0, 0.1) is 0 Å². The van der Waals surface area contributed by atoms with Gasteiger partial charge in [0.2, 0.25) is 0 Å². The number of ketones is 1. The first kappa shape index (κ1) is 26.4. The minimum atomic E-state index is -4.96. The molecule has 1 aliphatic heterocycles. The zero-order chi connectivity index (χ0) is 27.6. The van der Waals surface area contributed by atoms with E-state index in [0.717, 1.165) is 17.0 Å². The molecule has 1 atom stereocenters. The number of ether oxygens (including phenoxy) is 4. The van der Waals surface area contributed by atoms with Crippen LogP contribution in [0.4, 0.5) is 18.9 Å². The van der Waals surface area contributed by atoms with Crippen LogP contribution >= 0.6 is 0 Å². The third-order valence-corrected chi connectivity index (χ3v) is 5.86. The number of aliphatic hydroxyl groups excluding tert-OH is 1. The molecule has 1 fully saturated rings. The van der Waals surface area contributed by atoms with Crippen molar-refractivity contribution in [1.82, 2.24) is 0 Å². The molecule has 11 heteroatoms. The summed E-state index contributed by atoms with van der Waals surface area (Å²) >= 11 is 0. The van der Waals surface area contributed by atoms with Crippen molar-refractivity contribution >= 4 is 23.1 Å². The number of Topliss-reactive ketones (excluding diaryl/α,β-unsaturated/α-hetero) is 1. The molecule has 38 heavy (non-hydrogen) atoms. The van der Waals surface area contributed by atoms with Gasteiger partial charge in [-0.1, -0.05) is 18.2 Å². The van der Waals surface area contributed by atoms with Crippen molar-refractivity contribution in [2.24, 2.45) is 0 Å². The summed E-state index contributed by atoms with van der Waals surface area (Å²) in [6.45, 7) is 0. The number of benzene rings is 3. The smallest absolute Gasteiger partial charge is 0.507 e. The van der Waals surface area contributed by atoms with Gasteiger partial charge < -0.3 is 24.1 Å². The second-order valence-electron chi connectivity index (χ2n) is 8.06. The Morgan fingerprint density at radius 3 is 2.13 bits per heavy atom. The number of halogens is 3. The number of amides is 1. The van der Waals surface area contributed by atoms with Crippen LogP contribution in [0.25, 0.3) is 5.76 Å². The van der Waals surface area contributed by atoms with E-state index in [0.29, 0.717) is 17.1 Å². The molecule has 1 unspecified atom stereocenters. The van der Waals surface area contributed by atoms with E-state index in [1.54, 1.807) is 24.3 Å². The topological polar surface area (TPSA) is 94.5 Å². The molecule has 1 heterocycles. The molecule has 1 N–H and O–H groups in total. The number of nitrogens with zero attached hydrogens (tertiary/aromatic N) is 1. The summed E-state index contributed by atoms with van der Waals surface area (Å²) in [5, 5.41) is 11.3. The zero-order valence-corrected chi connectivity index (χ0v) is 20.4. The van der Waals surface area contributed by atoms with E-state index in [4.69, 9.17) is 14.2 Å². The van der Waals surface area contributed by atoms with Gasteiger partial charge in [0.25, 0.3) is 11.7 Å². The van der Waals surface area contributed by atoms with Gasteiger partial charge in [0.15, 0.2) is 11.5 Å². The fraction of sp³-hybridized carbons (Fsp3) is 0.185. The number of hydrogen-bond acceptors (Lipinski definition) is 7. The molecule has 3 aromatic carbocycles. The van der Waals surface area contributed by atoms with E-state index in [1.165, 1.54) is 51.7 Å². The molecular formula is C27H22F3NO7. The summed E-state index contributed by atoms with van der Waals surface area (Å²) in [5.41, 5.74) is 0.248. The van der Waals surface area contributed by atoms with Crippen molar-refractivity contribution in [3.63, 3.8) is 0 Å². The van der Waals surface area contributed by atoms with Crippen LogP contribution in [-0.4, -0.2) is 44.5 Å². The van der Waals surface area contributed by atoms with Crippen LogP contribution in [0.5, 0.6) is 23.0 Å². The van der Waals surface area contributed by atoms with Crippen LogP contribution in [-0.2, 0) is 9.59 Å². The molecule has 0 bridgehead atoms. The highest BCUT2D eigenvalue weighted by molar-refractivity contribution is 6.51. The summed E-state index contributed by atoms with van der Waals surface area (Å²) in [7, 11) is 4.29. The van der Waals surface area contributed by atoms with Crippen molar-refractivity contribution in [3.8, 4) is 23.0 Å². The summed E-state index contributed by atoms with van der Waals surface area (Å²) in [5.74, 6) is -2.02. The van der Waals surface area contributed by atoms with Crippen LogP contribution in [0.3, 0.4) is 0 Å². The van der Waals surface area contributed by atoms with Crippen molar-refractivity contribution in [2.45, 2.75) is 12.4 Å². The van der Waals surface area contributed by atoms with Gasteiger partial charge in [-0.2, -0.15) is 0 Å². The maximum atomic E-state index is 13.3. The van der Waals surface area contributed by atoms with Crippen molar-refractivity contribution in [3.05, 3.63) is 83.4 Å². The summed E-state index contributed by atoms with van der Waals surface area (Å²) < 4.78 is 58.2. The van der Waals surface area contributed by atoms with E-state index < -0.39 is 35.6 Å². The Labute approximate surface area is 215 Å². The van der Waals surface area contributed by atoms with E-state index in [2.05, 4.69) is 4.74 Å². The first-order valence-corrected chi connectivity index (χ1v) is 11.1. The largest absolute Gasteiger partial charge is 0.573 e. The van der Waals surface area contributed by atoms with Gasteiger partial charge in [0.05, 0.1) is 32.9 Å². The van der Waals surface area contributed by atoms with E-state index in [-0.39, 0.29) is 22.6 Å². The normalized spacial score (nSPS) is 16.9. The lowest BCUT2D eigenvalue weighted by Crippen LogP contribution is -2.29. The number of rotatable bonds is 7. The van der Waals surface area contributed by atoms with Crippen molar-refractivity contribution in [2.75, 3.05) is 26.2 Å². The minimum Gasteiger partial charge on any atom is -0.507 e. The second kappa shape index (κ2) is 10.4. The van der Waals surface area contributed by atoms with Crippen LogP contribution in [0.15, 0.2) is 72.3 Å². The summed E-state index contributed by atoms with van der Waals surface area (Å²) in [6.07, 6.45) is -4.96. The molecule has 3 aromatic rings. The van der Waals surface area contributed by atoms with Crippen LogP contribution in [0.1, 0.15) is 17.2 Å². The Morgan fingerprint density at radius 2 is 1.53 bits per heavy atom. The number of methoxy groups -OCH3 is 3. The fourth-order valence-electron chi connectivity index (χ4n) is 4.17. The van der Waals surface area contributed by atoms with Gasteiger partial charge in [0, 0.05) is 17.3 Å². The highest BCUT2D eigenvalue weighted by Gasteiger charge is 2.47. The van der Waals surface area contributed by atoms with Gasteiger partial charge in [0.1, 0.15) is 17.3 Å². The molecule has 0 spiro atoms. The average molecular weight is 529 g/mol. The number of anilines is 1. The fourth-order valence-corrected chi connectivity index (χ4v) is 4.17. The van der Waals surface area contributed by atoms with Gasteiger partial charge >= 0.3 is 6.36 Å². The first-order valence-electron chi connectivity index (χ1n) is 11.1. The molecule has 198 valence electrons. The van der Waals surface area contributed by atoms with E-state index >= 15 is 0 Å². The second-order valence-corrected chi connectivity index (χ2v) is 8.06. The maximum Gasteiger partial charge on any atom is 0.573 e. The number of carbonyl (C=O) groups excluding carboxylic acids is 2. The lowest BCUT2D eigenvalue weighted by Gasteiger charge is -2.26. The van der Waals surface area contributed by atoms with Crippen LogP contribution < -0.4 is 23.8 Å². The Bertz CT molecular complexity index is 1400. The van der Waals surface area contributed by atoms with E-state index in [9.17, 15) is 27.9 Å². The highest BCUT2D eigenvalue weighted by atomic mass is 19.4. The third-order valence-electron chi connectivity index (χ3n) is 5.86. The minimum absolute atomic E-state index is 0.0407. The predicted octanol–water partition coefficient (Wildman–Crippen LogP) is 5.24. The molecule has 1 aliphatic rings. The molecule has 8 nitrogen and oxygen atoms in total. The van der Waals surface area contributed by atoms with Gasteiger partial charge in [-0.25, -0.2) is 0 Å². The molecular weight excluding hydrogens is 507 g/mol. The molecule has 0 radical (unpaired) electrons. The lowest BCUT2D eigenvalue weighted by atomic mass is 9.95. The number of aliphatic hydroxyl groups is 1. The Balaban J connectivity index is 1.91. The Hall–Kier alpha value is -4.67. The lowest BCUT2D eigenvalue weighted by molar-refractivity contribution is -0.274. The first-order chi connectivity index (χ1) is 18.1. The van der Waals surface area contributed by atoms with Crippen LogP contribution in [0.2, 0.25) is 0 Å². The number of hydrogen-bond donors (Lipinski definition) is 1.